The SMILES string of the molecule is CC(=O)Nc1ccc2[nH]c3ncccc3c2c1. The standard InChI is InChI=1S/C13H11N3O/c1-8(17)15-9-4-5-12-11(7-9)10-3-2-6-14-13(10)16-12/h2-7H,1H3,(H,14,16)(H,15,17). The second-order valence-electron chi connectivity index (χ2n) is 3.97. The number of pyridine rings is 1. The summed E-state index contributed by atoms with van der Waals surface area (Å²) in [6.07, 6.45) is 1.76. The molecule has 3 aromatic rings. The number of H-pyrrole nitrogens is 1. The molecule has 2 N–H and O–H groups in total. The number of aromatic amines is 1. The summed E-state index contributed by atoms with van der Waals surface area (Å²) in [4.78, 5) is 18.5. The monoisotopic (exact) mass is 225 g/mol. The van der Waals surface area contributed by atoms with Gasteiger partial charge in [0.2, 0.25) is 5.91 Å². The molecule has 0 unspecified atom stereocenters. The molecule has 0 fully saturated rings. The summed E-state index contributed by atoms with van der Waals surface area (Å²) in [5, 5.41) is 4.91. The summed E-state index contributed by atoms with van der Waals surface area (Å²) in [7, 11) is 0. The molecular weight excluding hydrogens is 214 g/mol. The van der Waals surface area contributed by atoms with Gasteiger partial charge in [-0.1, -0.05) is 0 Å². The van der Waals surface area contributed by atoms with Crippen LogP contribution >= 0.6 is 0 Å². The third-order valence-electron chi connectivity index (χ3n) is 2.69. The van der Waals surface area contributed by atoms with Crippen molar-refractivity contribution in [2.45, 2.75) is 6.92 Å². The molecule has 17 heavy (non-hydrogen) atoms. The molecule has 0 aliphatic rings. The van der Waals surface area contributed by atoms with E-state index < -0.39 is 0 Å². The Morgan fingerprint density at radius 3 is 3.00 bits per heavy atom. The van der Waals surface area contributed by atoms with E-state index >= 15 is 0 Å². The maximum atomic E-state index is 11.0. The van der Waals surface area contributed by atoms with E-state index in [0.29, 0.717) is 0 Å². The van der Waals surface area contributed by atoms with Gasteiger partial charge in [0.25, 0.3) is 0 Å². The molecule has 4 nitrogen and oxygen atoms in total. The molecule has 0 atom stereocenters. The Labute approximate surface area is 97.7 Å². The van der Waals surface area contributed by atoms with Gasteiger partial charge in [0.15, 0.2) is 0 Å². The third kappa shape index (κ3) is 1.63. The Morgan fingerprint density at radius 1 is 1.29 bits per heavy atom. The van der Waals surface area contributed by atoms with Crippen molar-refractivity contribution in [3.63, 3.8) is 0 Å². The fraction of sp³-hybridized carbons (Fsp3) is 0.0769. The first-order chi connectivity index (χ1) is 8.24. The van der Waals surface area contributed by atoms with Gasteiger partial charge in [-0.2, -0.15) is 0 Å². The summed E-state index contributed by atoms with van der Waals surface area (Å²) in [6, 6.07) is 9.69. The number of nitrogens with zero attached hydrogens (tertiary/aromatic N) is 1. The van der Waals surface area contributed by atoms with E-state index in [-0.39, 0.29) is 5.91 Å². The first-order valence-corrected chi connectivity index (χ1v) is 5.38. The Hall–Kier alpha value is -2.36. The van der Waals surface area contributed by atoms with Gasteiger partial charge in [0.1, 0.15) is 5.65 Å². The van der Waals surface area contributed by atoms with E-state index in [1.807, 2.05) is 30.3 Å². The minimum atomic E-state index is -0.0673. The lowest BCUT2D eigenvalue weighted by molar-refractivity contribution is -0.114. The summed E-state index contributed by atoms with van der Waals surface area (Å²) in [6.45, 7) is 1.50. The number of hydrogen-bond donors (Lipinski definition) is 2. The van der Waals surface area contributed by atoms with E-state index in [4.69, 9.17) is 0 Å². The van der Waals surface area contributed by atoms with Gasteiger partial charge in [0.05, 0.1) is 0 Å². The second-order valence-corrected chi connectivity index (χ2v) is 3.97. The summed E-state index contributed by atoms with van der Waals surface area (Å²) in [5.74, 6) is -0.0673. The zero-order valence-corrected chi connectivity index (χ0v) is 9.32. The fourth-order valence-corrected chi connectivity index (χ4v) is 2.01. The smallest absolute Gasteiger partial charge is 0.221 e. The summed E-state index contributed by atoms with van der Waals surface area (Å²) < 4.78 is 0. The minimum Gasteiger partial charge on any atom is -0.339 e. The summed E-state index contributed by atoms with van der Waals surface area (Å²) in [5.41, 5.74) is 2.69. The van der Waals surface area contributed by atoms with Gasteiger partial charge in [-0.25, -0.2) is 4.98 Å². The molecule has 0 aliphatic heterocycles. The molecule has 2 aromatic heterocycles. The van der Waals surface area contributed by atoms with Crippen LogP contribution in [0.2, 0.25) is 0 Å². The molecule has 1 aromatic carbocycles. The number of benzene rings is 1. The van der Waals surface area contributed by atoms with Crippen molar-refractivity contribution < 1.29 is 4.79 Å². The predicted octanol–water partition coefficient (Wildman–Crippen LogP) is 2.67. The molecule has 0 bridgehead atoms. The molecule has 0 saturated heterocycles. The van der Waals surface area contributed by atoms with E-state index in [2.05, 4.69) is 15.3 Å². The van der Waals surface area contributed by atoms with Crippen molar-refractivity contribution in [1.29, 1.82) is 0 Å². The number of amides is 1. The van der Waals surface area contributed by atoms with Gasteiger partial charge < -0.3 is 10.3 Å². The predicted molar refractivity (Wildman–Crippen MR) is 67.9 cm³/mol. The molecule has 2 heterocycles. The average Bonchev–Trinajstić information content (AvgIpc) is 2.66. The largest absolute Gasteiger partial charge is 0.339 e. The zero-order valence-electron chi connectivity index (χ0n) is 9.32. The fourth-order valence-electron chi connectivity index (χ4n) is 2.01. The Balaban J connectivity index is 2.26. The number of carbonyl (C=O) groups excluding carboxylic acids is 1. The molecule has 0 saturated carbocycles. The van der Waals surface area contributed by atoms with Crippen LogP contribution in [0.5, 0.6) is 0 Å². The van der Waals surface area contributed by atoms with Crippen LogP contribution in [0.4, 0.5) is 5.69 Å². The molecule has 4 heteroatoms. The molecule has 0 radical (unpaired) electrons. The van der Waals surface area contributed by atoms with Crippen molar-refractivity contribution in [2.75, 3.05) is 5.32 Å². The Bertz CT molecular complexity index is 715. The van der Waals surface area contributed by atoms with Gasteiger partial charge in [-0.3, -0.25) is 4.79 Å². The molecule has 1 amide bonds. The number of anilines is 1. The van der Waals surface area contributed by atoms with E-state index in [1.165, 1.54) is 6.92 Å². The highest BCUT2D eigenvalue weighted by atomic mass is 16.1. The highest BCUT2D eigenvalue weighted by Gasteiger charge is 2.05. The van der Waals surface area contributed by atoms with Crippen molar-refractivity contribution in [3.05, 3.63) is 36.5 Å². The van der Waals surface area contributed by atoms with Crippen LogP contribution in [0.1, 0.15) is 6.92 Å². The van der Waals surface area contributed by atoms with Crippen LogP contribution in [-0.4, -0.2) is 15.9 Å². The third-order valence-corrected chi connectivity index (χ3v) is 2.69. The van der Waals surface area contributed by atoms with Crippen LogP contribution in [-0.2, 0) is 4.79 Å². The normalized spacial score (nSPS) is 10.9. The van der Waals surface area contributed by atoms with Crippen molar-refractivity contribution >= 4 is 33.5 Å². The topological polar surface area (TPSA) is 57.8 Å². The first-order valence-electron chi connectivity index (χ1n) is 5.38. The Kier molecular flexibility index (Phi) is 2.08. The van der Waals surface area contributed by atoms with Crippen LogP contribution < -0.4 is 5.32 Å². The van der Waals surface area contributed by atoms with Crippen molar-refractivity contribution in [3.8, 4) is 0 Å². The van der Waals surface area contributed by atoms with Gasteiger partial charge in [0, 0.05) is 35.1 Å². The molecule has 0 aliphatic carbocycles. The maximum Gasteiger partial charge on any atom is 0.221 e. The maximum absolute atomic E-state index is 11.0. The van der Waals surface area contributed by atoms with Gasteiger partial charge in [-0.05, 0) is 30.3 Å². The number of hydrogen-bond acceptors (Lipinski definition) is 2. The zero-order chi connectivity index (χ0) is 11.8. The van der Waals surface area contributed by atoms with Crippen LogP contribution in [0.3, 0.4) is 0 Å². The first kappa shape index (κ1) is 9.84. The van der Waals surface area contributed by atoms with E-state index in [0.717, 1.165) is 27.6 Å². The number of nitrogens with one attached hydrogen (secondary N) is 2. The lowest BCUT2D eigenvalue weighted by Crippen LogP contribution is -2.05. The highest BCUT2D eigenvalue weighted by Crippen LogP contribution is 2.26. The molecule has 0 spiro atoms. The lowest BCUT2D eigenvalue weighted by atomic mass is 10.2. The van der Waals surface area contributed by atoms with Crippen LogP contribution in [0, 0.1) is 0 Å². The van der Waals surface area contributed by atoms with Crippen LogP contribution in [0.15, 0.2) is 36.5 Å². The van der Waals surface area contributed by atoms with Crippen molar-refractivity contribution in [2.24, 2.45) is 0 Å². The molecular formula is C13H11N3O. The lowest BCUT2D eigenvalue weighted by Gasteiger charge is -2.01. The highest BCUT2D eigenvalue weighted by molar-refractivity contribution is 6.07. The number of fused-ring (bicyclic) bond motifs is 3. The second kappa shape index (κ2) is 3.59. The number of aromatic nitrogens is 2. The van der Waals surface area contributed by atoms with Gasteiger partial charge >= 0.3 is 0 Å². The molecule has 84 valence electrons. The number of carbonyl (C=O) groups is 1. The average molecular weight is 225 g/mol. The summed E-state index contributed by atoms with van der Waals surface area (Å²) >= 11 is 0. The minimum absolute atomic E-state index is 0.0673. The Morgan fingerprint density at radius 2 is 2.18 bits per heavy atom. The van der Waals surface area contributed by atoms with Crippen molar-refractivity contribution in [1.82, 2.24) is 9.97 Å². The number of rotatable bonds is 1. The van der Waals surface area contributed by atoms with E-state index in [1.54, 1.807) is 6.20 Å². The van der Waals surface area contributed by atoms with E-state index in [9.17, 15) is 4.79 Å². The van der Waals surface area contributed by atoms with Crippen LogP contribution in [0.25, 0.3) is 21.9 Å². The van der Waals surface area contributed by atoms with Gasteiger partial charge in [-0.15, -0.1) is 0 Å². The molecule has 3 rings (SSSR count). The quantitative estimate of drug-likeness (QED) is 0.669.